The monoisotopic (exact) mass is 464 g/mol. The number of hydrogen-bond donors (Lipinski definition) is 1. The molecule has 2 aliphatic carbocycles. The van der Waals surface area contributed by atoms with Crippen molar-refractivity contribution in [1.29, 1.82) is 0 Å². The van der Waals surface area contributed by atoms with Crippen LogP contribution < -0.4 is 0 Å². The van der Waals surface area contributed by atoms with Gasteiger partial charge in [0, 0.05) is 0 Å². The molecule has 0 heterocycles. The van der Waals surface area contributed by atoms with Gasteiger partial charge in [0.2, 0.25) is 0 Å². The van der Waals surface area contributed by atoms with E-state index in [-0.39, 0.29) is 12.2 Å². The molecular formula is C27H45O4P. The van der Waals surface area contributed by atoms with Gasteiger partial charge in [0.15, 0.2) is 5.85 Å². The van der Waals surface area contributed by atoms with Gasteiger partial charge in [-0.15, -0.1) is 0 Å². The van der Waals surface area contributed by atoms with Gasteiger partial charge < -0.3 is 14.2 Å². The number of rotatable bonds is 8. The van der Waals surface area contributed by atoms with Crippen molar-refractivity contribution >= 4 is 7.60 Å². The van der Waals surface area contributed by atoms with Crippen LogP contribution in [-0.2, 0) is 13.6 Å². The fourth-order valence-electron chi connectivity index (χ4n) is 5.80. The largest absolute Gasteiger partial charge is 0.376 e. The van der Waals surface area contributed by atoms with E-state index in [4.69, 9.17) is 9.05 Å². The maximum atomic E-state index is 14.5. The summed E-state index contributed by atoms with van der Waals surface area (Å²) in [4.78, 5) is 0. The van der Waals surface area contributed by atoms with Gasteiger partial charge in [-0.05, 0) is 66.8 Å². The Balaban J connectivity index is 1.92. The molecule has 1 unspecified atom stereocenters. The lowest BCUT2D eigenvalue weighted by molar-refractivity contribution is -0.0153. The molecule has 0 aliphatic heterocycles. The molecule has 2 saturated carbocycles. The SMILES string of the molecule is CC(C)[C@H]1CC[C@@H](C)C[C@H]1OP(=O)(O[C@@H]1C[C@@H](C)CC[C@@H]1C(C)C)[C@H](O)c1ccccc1. The highest BCUT2D eigenvalue weighted by Crippen LogP contribution is 2.64. The number of aliphatic hydroxyl groups is 1. The number of benzene rings is 1. The highest BCUT2D eigenvalue weighted by Gasteiger charge is 2.46. The minimum atomic E-state index is -3.82. The first kappa shape index (κ1) is 25.9. The van der Waals surface area contributed by atoms with E-state index in [1.165, 1.54) is 12.8 Å². The topological polar surface area (TPSA) is 55.8 Å². The van der Waals surface area contributed by atoms with E-state index in [1.54, 1.807) is 0 Å². The first-order chi connectivity index (χ1) is 15.1. The molecular weight excluding hydrogens is 419 g/mol. The molecule has 182 valence electrons. The molecule has 0 bridgehead atoms. The van der Waals surface area contributed by atoms with Gasteiger partial charge in [0.25, 0.3) is 0 Å². The summed E-state index contributed by atoms with van der Waals surface area (Å²) >= 11 is 0. The Morgan fingerprint density at radius 3 is 1.66 bits per heavy atom. The molecule has 0 saturated heterocycles. The summed E-state index contributed by atoms with van der Waals surface area (Å²) < 4.78 is 27.5. The van der Waals surface area contributed by atoms with Gasteiger partial charge in [0.05, 0.1) is 12.2 Å². The summed E-state index contributed by atoms with van der Waals surface area (Å²) in [5.74, 6) is 1.32. The Morgan fingerprint density at radius 1 is 0.812 bits per heavy atom. The van der Waals surface area contributed by atoms with Gasteiger partial charge in [-0.2, -0.15) is 0 Å². The van der Waals surface area contributed by atoms with Crippen LogP contribution in [0.4, 0.5) is 0 Å². The summed E-state index contributed by atoms with van der Waals surface area (Å²) in [6, 6.07) is 9.26. The van der Waals surface area contributed by atoms with E-state index in [0.29, 0.717) is 41.1 Å². The van der Waals surface area contributed by atoms with E-state index >= 15 is 0 Å². The van der Waals surface area contributed by atoms with Crippen LogP contribution in [0.15, 0.2) is 30.3 Å². The summed E-state index contributed by atoms with van der Waals surface area (Å²) in [6.07, 6.45) is 5.91. The average molecular weight is 465 g/mol. The number of hydrogen-bond acceptors (Lipinski definition) is 4. The molecule has 0 spiro atoms. The molecule has 0 aromatic heterocycles. The Hall–Kier alpha value is -0.670. The lowest BCUT2D eigenvalue weighted by Crippen LogP contribution is -2.37. The third-order valence-electron chi connectivity index (χ3n) is 7.88. The highest BCUT2D eigenvalue weighted by atomic mass is 31.2. The zero-order valence-corrected chi connectivity index (χ0v) is 21.8. The second-order valence-corrected chi connectivity index (χ2v) is 13.3. The van der Waals surface area contributed by atoms with Crippen molar-refractivity contribution < 1.29 is 18.7 Å². The lowest BCUT2D eigenvalue weighted by Gasteiger charge is -2.42. The summed E-state index contributed by atoms with van der Waals surface area (Å²) in [5, 5.41) is 11.4. The fourth-order valence-corrected chi connectivity index (χ4v) is 7.85. The van der Waals surface area contributed by atoms with Crippen molar-refractivity contribution in [3.05, 3.63) is 35.9 Å². The highest BCUT2D eigenvalue weighted by molar-refractivity contribution is 7.54. The molecule has 2 fully saturated rings. The molecule has 0 radical (unpaired) electrons. The predicted octanol–water partition coefficient (Wildman–Crippen LogP) is 7.83. The average Bonchev–Trinajstić information content (AvgIpc) is 2.73. The zero-order chi connectivity index (χ0) is 23.5. The van der Waals surface area contributed by atoms with Crippen molar-refractivity contribution in [2.45, 2.75) is 98.1 Å². The first-order valence-electron chi connectivity index (χ1n) is 12.8. The van der Waals surface area contributed by atoms with Crippen molar-refractivity contribution in [3.63, 3.8) is 0 Å². The van der Waals surface area contributed by atoms with Crippen LogP contribution in [0.1, 0.15) is 91.5 Å². The van der Waals surface area contributed by atoms with Crippen LogP contribution in [0.2, 0.25) is 0 Å². The molecule has 1 N–H and O–H groups in total. The van der Waals surface area contributed by atoms with Crippen LogP contribution in [0.3, 0.4) is 0 Å². The third kappa shape index (κ3) is 6.26. The maximum absolute atomic E-state index is 14.5. The van der Waals surface area contributed by atoms with Crippen LogP contribution in [0, 0.1) is 35.5 Å². The Labute approximate surface area is 196 Å². The molecule has 1 aromatic carbocycles. The first-order valence-corrected chi connectivity index (χ1v) is 14.4. The molecule has 5 heteroatoms. The smallest absolute Gasteiger partial charge is 0.363 e. The second-order valence-electron chi connectivity index (χ2n) is 11.3. The normalized spacial score (nSPS) is 34.4. The molecule has 0 amide bonds. The molecule has 8 atom stereocenters. The zero-order valence-electron chi connectivity index (χ0n) is 20.9. The summed E-state index contributed by atoms with van der Waals surface area (Å²) in [6.45, 7) is 13.3. The van der Waals surface area contributed by atoms with Crippen molar-refractivity contribution in [3.8, 4) is 0 Å². The lowest BCUT2D eigenvalue weighted by atomic mass is 9.75. The van der Waals surface area contributed by atoms with E-state index < -0.39 is 13.4 Å². The Kier molecular flexibility index (Phi) is 9.06. The fraction of sp³-hybridized carbons (Fsp3) is 0.778. The molecule has 1 aromatic rings. The Morgan fingerprint density at radius 2 is 1.25 bits per heavy atom. The van der Waals surface area contributed by atoms with E-state index in [1.807, 2.05) is 30.3 Å². The van der Waals surface area contributed by atoms with E-state index in [0.717, 1.165) is 25.7 Å². The third-order valence-corrected chi connectivity index (χ3v) is 9.91. The standard InChI is InChI=1S/C27H45O4P/c1-18(2)23-14-12-20(5)16-25(23)30-32(29,27(28)22-10-8-7-9-11-22)31-26-17-21(6)13-15-24(26)19(3)4/h7-11,18-21,23-28H,12-17H2,1-6H3/t20-,21+,23-,24-,25-,26-,27+,32?/m1/s1. The van der Waals surface area contributed by atoms with Gasteiger partial charge >= 0.3 is 7.60 Å². The van der Waals surface area contributed by atoms with E-state index in [2.05, 4.69) is 41.5 Å². The molecule has 3 rings (SSSR count). The molecule has 4 nitrogen and oxygen atoms in total. The van der Waals surface area contributed by atoms with Crippen LogP contribution >= 0.6 is 7.60 Å². The Bertz CT molecular complexity index is 711. The minimum absolute atomic E-state index is 0.151. The summed E-state index contributed by atoms with van der Waals surface area (Å²) in [7, 11) is -3.82. The quantitative estimate of drug-likeness (QED) is 0.398. The number of aliphatic hydroxyl groups excluding tert-OH is 1. The van der Waals surface area contributed by atoms with Gasteiger partial charge in [-0.3, -0.25) is 4.57 Å². The summed E-state index contributed by atoms with van der Waals surface area (Å²) in [5.41, 5.74) is 0.603. The van der Waals surface area contributed by atoms with Gasteiger partial charge in [0.1, 0.15) is 0 Å². The van der Waals surface area contributed by atoms with Crippen LogP contribution in [0.5, 0.6) is 0 Å². The maximum Gasteiger partial charge on any atom is 0.363 e. The van der Waals surface area contributed by atoms with E-state index in [9.17, 15) is 9.67 Å². The minimum Gasteiger partial charge on any atom is -0.376 e. The van der Waals surface area contributed by atoms with Crippen LogP contribution in [0.25, 0.3) is 0 Å². The van der Waals surface area contributed by atoms with Gasteiger partial charge in [-0.1, -0.05) is 84.7 Å². The second kappa shape index (κ2) is 11.2. The van der Waals surface area contributed by atoms with Crippen molar-refractivity contribution in [1.82, 2.24) is 0 Å². The molecule has 32 heavy (non-hydrogen) atoms. The van der Waals surface area contributed by atoms with Crippen molar-refractivity contribution in [2.75, 3.05) is 0 Å². The van der Waals surface area contributed by atoms with Gasteiger partial charge in [-0.25, -0.2) is 0 Å². The predicted molar refractivity (Wildman–Crippen MR) is 131 cm³/mol. The van der Waals surface area contributed by atoms with Crippen molar-refractivity contribution in [2.24, 2.45) is 35.5 Å². The van der Waals surface area contributed by atoms with Crippen LogP contribution in [-0.4, -0.2) is 17.3 Å². The molecule has 2 aliphatic rings.